The van der Waals surface area contributed by atoms with Crippen LogP contribution in [0.15, 0.2) is 41.1 Å². The van der Waals surface area contributed by atoms with E-state index < -0.39 is 0 Å². The van der Waals surface area contributed by atoms with Crippen molar-refractivity contribution >= 4 is 15.9 Å². The number of hydrogen-bond acceptors (Lipinski definition) is 3. The van der Waals surface area contributed by atoms with Crippen molar-refractivity contribution < 1.29 is 9.13 Å². The van der Waals surface area contributed by atoms with Crippen LogP contribution in [0.3, 0.4) is 0 Å². The van der Waals surface area contributed by atoms with Crippen LogP contribution in [0.5, 0.6) is 5.75 Å². The van der Waals surface area contributed by atoms with Crippen LogP contribution in [0.4, 0.5) is 4.39 Å². The molecule has 1 unspecified atom stereocenters. The summed E-state index contributed by atoms with van der Waals surface area (Å²) >= 11 is 3.43. The van der Waals surface area contributed by atoms with Crippen LogP contribution in [-0.2, 0) is 0 Å². The molecule has 2 aromatic rings. The van der Waals surface area contributed by atoms with E-state index >= 15 is 0 Å². The van der Waals surface area contributed by atoms with Gasteiger partial charge in [-0.1, -0.05) is 28.9 Å². The second-order valence-corrected chi connectivity index (χ2v) is 5.59. The second-order valence-electron chi connectivity index (χ2n) is 4.67. The predicted molar refractivity (Wildman–Crippen MR) is 85.0 cm³/mol. The molecule has 0 spiro atoms. The smallest absolute Gasteiger partial charge is 0.146 e. The highest BCUT2D eigenvalue weighted by Crippen LogP contribution is 2.33. The van der Waals surface area contributed by atoms with Gasteiger partial charge in [0.05, 0.1) is 19.3 Å². The number of aromatic nitrogens is 1. The van der Waals surface area contributed by atoms with E-state index in [1.165, 1.54) is 6.20 Å². The third kappa shape index (κ3) is 3.80. The minimum Gasteiger partial charge on any atom is -0.496 e. The molecule has 1 atom stereocenters. The molecule has 0 saturated carbocycles. The van der Waals surface area contributed by atoms with Crippen molar-refractivity contribution in [3.05, 3.63) is 58.1 Å². The number of rotatable bonds is 6. The third-order valence-electron chi connectivity index (χ3n) is 3.22. The van der Waals surface area contributed by atoms with E-state index in [0.717, 1.165) is 23.0 Å². The van der Waals surface area contributed by atoms with Crippen molar-refractivity contribution in [1.29, 1.82) is 0 Å². The molecule has 5 heteroatoms. The average Bonchev–Trinajstić information content (AvgIpc) is 2.50. The molecule has 0 radical (unpaired) electrons. The highest BCUT2D eigenvalue weighted by molar-refractivity contribution is 9.10. The Kier molecular flexibility index (Phi) is 5.70. The van der Waals surface area contributed by atoms with Gasteiger partial charge < -0.3 is 10.1 Å². The lowest BCUT2D eigenvalue weighted by atomic mass is 9.98. The zero-order chi connectivity index (χ0) is 15.2. The van der Waals surface area contributed by atoms with Crippen LogP contribution in [0.1, 0.15) is 30.5 Å². The van der Waals surface area contributed by atoms with Gasteiger partial charge >= 0.3 is 0 Å². The molecule has 0 amide bonds. The molecule has 21 heavy (non-hydrogen) atoms. The standard InChI is InChI=1S/C16H18BrFN2O/c1-3-7-20-16(12-6-8-19-10-14(12)18)13-5-4-11(17)9-15(13)21-2/h4-6,8-10,16,20H,3,7H2,1-2H3. The minimum absolute atomic E-state index is 0.268. The lowest BCUT2D eigenvalue weighted by molar-refractivity contribution is 0.402. The Hall–Kier alpha value is -1.46. The fourth-order valence-corrected chi connectivity index (χ4v) is 2.56. The fourth-order valence-electron chi connectivity index (χ4n) is 2.22. The Labute approximate surface area is 132 Å². The maximum Gasteiger partial charge on any atom is 0.146 e. The van der Waals surface area contributed by atoms with Crippen molar-refractivity contribution in [2.45, 2.75) is 19.4 Å². The maximum atomic E-state index is 14.1. The van der Waals surface area contributed by atoms with E-state index in [1.807, 2.05) is 18.2 Å². The van der Waals surface area contributed by atoms with Crippen LogP contribution in [0.25, 0.3) is 0 Å². The van der Waals surface area contributed by atoms with Gasteiger partial charge in [-0.3, -0.25) is 4.98 Å². The van der Waals surface area contributed by atoms with Crippen LogP contribution < -0.4 is 10.1 Å². The first kappa shape index (κ1) is 15.9. The number of nitrogens with zero attached hydrogens (tertiary/aromatic N) is 1. The summed E-state index contributed by atoms with van der Waals surface area (Å²) in [6.07, 6.45) is 3.80. The van der Waals surface area contributed by atoms with Crippen molar-refractivity contribution in [3.8, 4) is 5.75 Å². The summed E-state index contributed by atoms with van der Waals surface area (Å²) in [7, 11) is 1.62. The van der Waals surface area contributed by atoms with E-state index in [9.17, 15) is 4.39 Å². The Balaban J connectivity index is 2.48. The van der Waals surface area contributed by atoms with Gasteiger partial charge in [0.1, 0.15) is 11.6 Å². The van der Waals surface area contributed by atoms with Crippen molar-refractivity contribution in [2.75, 3.05) is 13.7 Å². The van der Waals surface area contributed by atoms with Crippen LogP contribution in [0.2, 0.25) is 0 Å². The number of benzene rings is 1. The van der Waals surface area contributed by atoms with Gasteiger partial charge in [0.25, 0.3) is 0 Å². The van der Waals surface area contributed by atoms with Crippen molar-refractivity contribution in [2.24, 2.45) is 0 Å². The highest BCUT2D eigenvalue weighted by atomic mass is 79.9. The maximum absolute atomic E-state index is 14.1. The topological polar surface area (TPSA) is 34.2 Å². The van der Waals surface area contributed by atoms with E-state index in [2.05, 4.69) is 33.2 Å². The molecular weight excluding hydrogens is 335 g/mol. The molecule has 0 aliphatic carbocycles. The quantitative estimate of drug-likeness (QED) is 0.850. The van der Waals surface area contributed by atoms with Gasteiger partial charge in [-0.15, -0.1) is 0 Å². The summed E-state index contributed by atoms with van der Waals surface area (Å²) in [5, 5.41) is 3.37. The monoisotopic (exact) mass is 352 g/mol. The molecule has 2 rings (SSSR count). The summed E-state index contributed by atoms with van der Waals surface area (Å²) in [6.45, 7) is 2.86. The van der Waals surface area contributed by atoms with E-state index in [-0.39, 0.29) is 11.9 Å². The fraction of sp³-hybridized carbons (Fsp3) is 0.312. The van der Waals surface area contributed by atoms with E-state index in [4.69, 9.17) is 4.74 Å². The van der Waals surface area contributed by atoms with Crippen LogP contribution in [0, 0.1) is 5.82 Å². The van der Waals surface area contributed by atoms with Crippen molar-refractivity contribution in [3.63, 3.8) is 0 Å². The Morgan fingerprint density at radius 2 is 2.14 bits per heavy atom. The normalized spacial score (nSPS) is 12.2. The number of methoxy groups -OCH3 is 1. The first-order valence-corrected chi connectivity index (χ1v) is 7.63. The Morgan fingerprint density at radius 3 is 2.81 bits per heavy atom. The van der Waals surface area contributed by atoms with Crippen LogP contribution in [-0.4, -0.2) is 18.6 Å². The number of pyridine rings is 1. The van der Waals surface area contributed by atoms with Crippen LogP contribution >= 0.6 is 15.9 Å². The SMILES string of the molecule is CCCNC(c1ccncc1F)c1ccc(Br)cc1OC. The highest BCUT2D eigenvalue weighted by Gasteiger charge is 2.20. The molecule has 0 aliphatic heterocycles. The molecule has 1 aromatic carbocycles. The number of nitrogens with one attached hydrogen (secondary N) is 1. The second kappa shape index (κ2) is 7.52. The first-order chi connectivity index (χ1) is 10.2. The Bertz CT molecular complexity index is 607. The van der Waals surface area contributed by atoms with Gasteiger partial charge in [0.15, 0.2) is 0 Å². The van der Waals surface area contributed by atoms with Gasteiger partial charge in [-0.2, -0.15) is 0 Å². The average molecular weight is 353 g/mol. The predicted octanol–water partition coefficient (Wildman–Crippen LogP) is 4.08. The first-order valence-electron chi connectivity index (χ1n) is 6.83. The number of hydrogen-bond donors (Lipinski definition) is 1. The molecule has 0 bridgehead atoms. The summed E-state index contributed by atoms with van der Waals surface area (Å²) < 4.78 is 20.5. The summed E-state index contributed by atoms with van der Waals surface area (Å²) in [5.41, 5.74) is 1.47. The van der Waals surface area contributed by atoms with Crippen molar-refractivity contribution in [1.82, 2.24) is 10.3 Å². The molecule has 1 N–H and O–H groups in total. The Morgan fingerprint density at radius 1 is 1.33 bits per heavy atom. The van der Waals surface area contributed by atoms with Gasteiger partial charge in [0, 0.05) is 21.8 Å². The van der Waals surface area contributed by atoms with Gasteiger partial charge in [-0.25, -0.2) is 4.39 Å². The molecule has 0 saturated heterocycles. The molecule has 0 fully saturated rings. The van der Waals surface area contributed by atoms with Gasteiger partial charge in [0.2, 0.25) is 0 Å². The zero-order valence-corrected chi connectivity index (χ0v) is 13.7. The molecule has 1 aromatic heterocycles. The number of halogens is 2. The minimum atomic E-state index is -0.323. The summed E-state index contributed by atoms with van der Waals surface area (Å²) in [6, 6.07) is 7.18. The lowest BCUT2D eigenvalue weighted by Crippen LogP contribution is -2.24. The van der Waals surface area contributed by atoms with Gasteiger partial charge in [-0.05, 0) is 31.2 Å². The number of ether oxygens (including phenoxy) is 1. The lowest BCUT2D eigenvalue weighted by Gasteiger charge is -2.22. The molecule has 3 nitrogen and oxygen atoms in total. The molecule has 112 valence electrons. The molecular formula is C16H18BrFN2O. The van der Waals surface area contributed by atoms with E-state index in [0.29, 0.717) is 11.3 Å². The largest absolute Gasteiger partial charge is 0.496 e. The summed E-state index contributed by atoms with van der Waals surface area (Å²) in [4.78, 5) is 3.82. The van der Waals surface area contributed by atoms with E-state index in [1.54, 1.807) is 19.4 Å². The molecule has 1 heterocycles. The molecule has 0 aliphatic rings. The summed E-state index contributed by atoms with van der Waals surface area (Å²) in [5.74, 6) is 0.394. The third-order valence-corrected chi connectivity index (χ3v) is 3.71. The zero-order valence-electron chi connectivity index (χ0n) is 12.1.